The summed E-state index contributed by atoms with van der Waals surface area (Å²) in [5, 5.41) is 0. The number of hydrogen-bond donors (Lipinski definition) is 0. The van der Waals surface area contributed by atoms with Crippen LogP contribution in [-0.2, 0) is 4.79 Å². The molecule has 0 aliphatic heterocycles. The van der Waals surface area contributed by atoms with Crippen LogP contribution in [0, 0.1) is 0 Å². The normalized spacial score (nSPS) is 8.50. The van der Waals surface area contributed by atoms with Gasteiger partial charge in [0, 0.05) is 5.75 Å². The minimum absolute atomic E-state index is 0.284. The molecule has 45 valence electrons. The second-order valence-electron chi connectivity index (χ2n) is 1.23. The monoisotopic (exact) mass is 130 g/mol. The average molecular weight is 130 g/mol. The lowest BCUT2D eigenvalue weighted by Gasteiger charge is -1.87. The van der Waals surface area contributed by atoms with Crippen LogP contribution in [0.2, 0.25) is 0 Å². The lowest BCUT2D eigenvalue weighted by Crippen LogP contribution is -2.00. The summed E-state index contributed by atoms with van der Waals surface area (Å²) in [7, 11) is 0. The molecule has 0 unspecified atom stereocenters. The zero-order valence-electron chi connectivity index (χ0n) is 4.52. The number of thioether (sulfide) groups is 1. The fraction of sp³-hybridized carbons (Fsp3) is 0.400. The second kappa shape index (κ2) is 4.71. The first-order chi connectivity index (χ1) is 3.77. The van der Waals surface area contributed by atoms with Gasteiger partial charge in [-0.1, -0.05) is 6.08 Å². The van der Waals surface area contributed by atoms with E-state index in [1.807, 2.05) is 0 Å². The Morgan fingerprint density at radius 2 is 2.50 bits per heavy atom. The largest absolute Gasteiger partial charge is 0.272 e. The second-order valence-corrected chi connectivity index (χ2v) is 2.26. The van der Waals surface area contributed by atoms with Crippen LogP contribution in [0.5, 0.6) is 0 Å². The quantitative estimate of drug-likeness (QED) is 0.415. The summed E-state index contributed by atoms with van der Waals surface area (Å²) >= 11 is 1.41. The maximum absolute atomic E-state index is 9.93. The minimum atomic E-state index is -0.517. The molecule has 0 saturated heterocycles. The first-order valence-corrected chi connectivity index (χ1v) is 3.36. The van der Waals surface area contributed by atoms with Crippen molar-refractivity contribution in [1.29, 1.82) is 0 Å². The standard InChI is InChI=1S/C5H8NOS/c1-2-3-8-4-5(6)7/h2,6H,1,3-4H2. The Kier molecular flexibility index (Phi) is 4.45. The predicted octanol–water partition coefficient (Wildman–Crippen LogP) is 0.715. The van der Waals surface area contributed by atoms with Crippen molar-refractivity contribution in [1.82, 2.24) is 5.73 Å². The van der Waals surface area contributed by atoms with Crippen molar-refractivity contribution in [2.45, 2.75) is 0 Å². The Morgan fingerprint density at radius 3 is 2.88 bits per heavy atom. The van der Waals surface area contributed by atoms with Crippen molar-refractivity contribution in [3.8, 4) is 0 Å². The topological polar surface area (TPSA) is 40.9 Å². The molecule has 3 heteroatoms. The van der Waals surface area contributed by atoms with Crippen LogP contribution in [0.25, 0.3) is 0 Å². The highest BCUT2D eigenvalue weighted by Gasteiger charge is 1.90. The Morgan fingerprint density at radius 1 is 1.88 bits per heavy atom. The van der Waals surface area contributed by atoms with Gasteiger partial charge >= 0.3 is 0 Å². The maximum atomic E-state index is 9.93. The van der Waals surface area contributed by atoms with Gasteiger partial charge in [0.15, 0.2) is 0 Å². The maximum Gasteiger partial charge on any atom is 0.248 e. The summed E-state index contributed by atoms with van der Waals surface area (Å²) in [6, 6.07) is 0. The number of carbonyl (C=O) groups excluding carboxylic acids is 1. The third-order valence-electron chi connectivity index (χ3n) is 0.469. The van der Waals surface area contributed by atoms with Crippen molar-refractivity contribution < 1.29 is 4.79 Å². The van der Waals surface area contributed by atoms with Crippen LogP contribution in [-0.4, -0.2) is 17.4 Å². The lowest BCUT2D eigenvalue weighted by atomic mass is 10.8. The molecule has 2 nitrogen and oxygen atoms in total. The highest BCUT2D eigenvalue weighted by molar-refractivity contribution is 8.00. The summed E-state index contributed by atoms with van der Waals surface area (Å²) in [6.07, 6.45) is 1.72. The molecule has 0 atom stereocenters. The summed E-state index contributed by atoms with van der Waals surface area (Å²) in [5.74, 6) is 0.522. The molecule has 0 fully saturated rings. The molecule has 1 N–H and O–H groups in total. The first kappa shape index (κ1) is 7.56. The number of carbonyl (C=O) groups is 1. The van der Waals surface area contributed by atoms with Gasteiger partial charge in [-0.25, -0.2) is 0 Å². The third kappa shape index (κ3) is 5.56. The molecular formula is C5H8NOS. The molecule has 0 bridgehead atoms. The smallest absolute Gasteiger partial charge is 0.248 e. The Hall–Kier alpha value is -0.440. The number of nitrogens with one attached hydrogen (secondary N) is 1. The average Bonchev–Trinajstić information content (AvgIpc) is 1.66. The SMILES string of the molecule is C=CCSCC([NH])=O. The highest BCUT2D eigenvalue weighted by Crippen LogP contribution is 1.96. The van der Waals surface area contributed by atoms with Gasteiger partial charge in [-0.3, -0.25) is 10.5 Å². The molecule has 0 aromatic heterocycles. The molecule has 0 aromatic carbocycles. The van der Waals surface area contributed by atoms with Crippen LogP contribution in [0.3, 0.4) is 0 Å². The van der Waals surface area contributed by atoms with E-state index in [-0.39, 0.29) is 5.75 Å². The fourth-order valence-electron chi connectivity index (χ4n) is 0.235. The fourth-order valence-corrected chi connectivity index (χ4v) is 0.705. The number of rotatable bonds is 4. The minimum Gasteiger partial charge on any atom is -0.272 e. The molecule has 1 radical (unpaired) electrons. The van der Waals surface area contributed by atoms with Crippen LogP contribution >= 0.6 is 11.8 Å². The van der Waals surface area contributed by atoms with Crippen molar-refractivity contribution in [3.05, 3.63) is 12.7 Å². The van der Waals surface area contributed by atoms with Crippen LogP contribution in [0.1, 0.15) is 0 Å². The number of amides is 1. The van der Waals surface area contributed by atoms with Gasteiger partial charge in [-0.15, -0.1) is 18.3 Å². The third-order valence-corrected chi connectivity index (χ3v) is 1.41. The van der Waals surface area contributed by atoms with Crippen LogP contribution in [0.15, 0.2) is 12.7 Å². The van der Waals surface area contributed by atoms with Crippen molar-refractivity contribution in [2.75, 3.05) is 11.5 Å². The van der Waals surface area contributed by atoms with Gasteiger partial charge in [0.05, 0.1) is 5.75 Å². The van der Waals surface area contributed by atoms with Gasteiger partial charge in [0.25, 0.3) is 0 Å². The molecule has 0 aliphatic carbocycles. The van der Waals surface area contributed by atoms with Crippen molar-refractivity contribution in [2.24, 2.45) is 0 Å². The summed E-state index contributed by atoms with van der Waals surface area (Å²) in [6.45, 7) is 3.46. The first-order valence-electron chi connectivity index (χ1n) is 2.20. The van der Waals surface area contributed by atoms with E-state index in [4.69, 9.17) is 5.73 Å². The molecule has 1 amide bonds. The molecular weight excluding hydrogens is 122 g/mol. The molecule has 8 heavy (non-hydrogen) atoms. The van der Waals surface area contributed by atoms with E-state index >= 15 is 0 Å². The van der Waals surface area contributed by atoms with E-state index in [1.165, 1.54) is 11.8 Å². The van der Waals surface area contributed by atoms with Gasteiger partial charge in [0.1, 0.15) is 0 Å². The molecule has 0 aromatic rings. The summed E-state index contributed by atoms with van der Waals surface area (Å²) in [5.41, 5.74) is 6.46. The van der Waals surface area contributed by atoms with Gasteiger partial charge in [-0.05, 0) is 0 Å². The van der Waals surface area contributed by atoms with Crippen molar-refractivity contribution >= 4 is 17.7 Å². The highest BCUT2D eigenvalue weighted by atomic mass is 32.2. The van der Waals surface area contributed by atoms with Crippen LogP contribution < -0.4 is 5.73 Å². The molecule has 0 spiro atoms. The van der Waals surface area contributed by atoms with Gasteiger partial charge in [-0.2, -0.15) is 0 Å². The molecule has 0 saturated carbocycles. The van der Waals surface area contributed by atoms with Gasteiger partial charge in [0.2, 0.25) is 5.91 Å². The number of hydrogen-bond acceptors (Lipinski definition) is 2. The van der Waals surface area contributed by atoms with Crippen molar-refractivity contribution in [3.63, 3.8) is 0 Å². The van der Waals surface area contributed by atoms with E-state index in [9.17, 15) is 4.79 Å². The lowest BCUT2D eigenvalue weighted by molar-refractivity contribution is -0.116. The van der Waals surface area contributed by atoms with Gasteiger partial charge < -0.3 is 0 Å². The van der Waals surface area contributed by atoms with E-state index < -0.39 is 5.91 Å². The Labute approximate surface area is 53.1 Å². The molecule has 0 rings (SSSR count). The molecule has 0 heterocycles. The Balaban J connectivity index is 2.93. The van der Waals surface area contributed by atoms with E-state index in [0.717, 1.165) is 5.75 Å². The Bertz CT molecular complexity index is 92.4. The molecule has 0 aliphatic rings. The van der Waals surface area contributed by atoms with Crippen LogP contribution in [0.4, 0.5) is 0 Å². The van der Waals surface area contributed by atoms with E-state index in [2.05, 4.69) is 6.58 Å². The predicted molar refractivity (Wildman–Crippen MR) is 35.6 cm³/mol. The summed E-state index contributed by atoms with van der Waals surface area (Å²) in [4.78, 5) is 9.93. The zero-order chi connectivity index (χ0) is 6.41. The zero-order valence-corrected chi connectivity index (χ0v) is 5.33. The van der Waals surface area contributed by atoms with E-state index in [0.29, 0.717) is 0 Å². The van der Waals surface area contributed by atoms with E-state index in [1.54, 1.807) is 6.08 Å². The summed E-state index contributed by atoms with van der Waals surface area (Å²) < 4.78 is 0.